The van der Waals surface area contributed by atoms with E-state index in [1.54, 1.807) is 73.8 Å². The Hall–Kier alpha value is -3.80. The second-order valence-corrected chi connectivity index (χ2v) is 6.13. The molecular formula is C23H21NO5. The first-order valence-electron chi connectivity index (χ1n) is 8.88. The van der Waals surface area contributed by atoms with Crippen molar-refractivity contribution < 1.29 is 23.8 Å². The maximum absolute atomic E-state index is 12.9. The van der Waals surface area contributed by atoms with Crippen molar-refractivity contribution >= 4 is 17.4 Å². The van der Waals surface area contributed by atoms with Gasteiger partial charge in [0.1, 0.15) is 5.75 Å². The van der Waals surface area contributed by atoms with Gasteiger partial charge in [-0.25, -0.2) is 0 Å². The van der Waals surface area contributed by atoms with Gasteiger partial charge < -0.3 is 19.5 Å². The van der Waals surface area contributed by atoms with Crippen LogP contribution in [0.25, 0.3) is 0 Å². The van der Waals surface area contributed by atoms with Gasteiger partial charge in [-0.05, 0) is 54.6 Å². The molecular weight excluding hydrogens is 370 g/mol. The lowest BCUT2D eigenvalue weighted by atomic mass is 10.0. The summed E-state index contributed by atoms with van der Waals surface area (Å²) in [6, 6.07) is 18.6. The van der Waals surface area contributed by atoms with Crippen molar-refractivity contribution in [2.75, 3.05) is 26.6 Å². The summed E-state index contributed by atoms with van der Waals surface area (Å²) in [6.07, 6.45) is 0. The number of methoxy groups -OCH3 is 3. The van der Waals surface area contributed by atoms with Crippen molar-refractivity contribution in [3.8, 4) is 17.2 Å². The van der Waals surface area contributed by atoms with E-state index in [0.717, 1.165) is 0 Å². The number of hydrogen-bond acceptors (Lipinski definition) is 5. The van der Waals surface area contributed by atoms with Gasteiger partial charge in [-0.15, -0.1) is 0 Å². The number of ether oxygens (including phenoxy) is 3. The number of anilines is 1. The van der Waals surface area contributed by atoms with Crippen LogP contribution < -0.4 is 19.5 Å². The zero-order valence-corrected chi connectivity index (χ0v) is 16.4. The molecule has 0 heterocycles. The Balaban J connectivity index is 1.87. The molecule has 0 aliphatic rings. The lowest BCUT2D eigenvalue weighted by Crippen LogP contribution is -2.15. The number of amides is 1. The zero-order chi connectivity index (χ0) is 20.8. The van der Waals surface area contributed by atoms with E-state index >= 15 is 0 Å². The Morgan fingerprint density at radius 3 is 2.03 bits per heavy atom. The number of ketones is 1. The second kappa shape index (κ2) is 8.93. The highest BCUT2D eigenvalue weighted by molar-refractivity contribution is 6.15. The average Bonchev–Trinajstić information content (AvgIpc) is 2.78. The van der Waals surface area contributed by atoms with Crippen molar-refractivity contribution in [2.24, 2.45) is 0 Å². The molecule has 0 saturated carbocycles. The van der Waals surface area contributed by atoms with Gasteiger partial charge in [0, 0.05) is 16.7 Å². The monoisotopic (exact) mass is 391 g/mol. The second-order valence-electron chi connectivity index (χ2n) is 6.13. The summed E-state index contributed by atoms with van der Waals surface area (Å²) < 4.78 is 15.6. The lowest BCUT2D eigenvalue weighted by molar-refractivity contribution is 0.102. The van der Waals surface area contributed by atoms with E-state index in [4.69, 9.17) is 14.2 Å². The average molecular weight is 391 g/mol. The molecule has 3 aromatic carbocycles. The minimum absolute atomic E-state index is 0.198. The Morgan fingerprint density at radius 1 is 0.724 bits per heavy atom. The first-order chi connectivity index (χ1) is 14.1. The lowest BCUT2D eigenvalue weighted by Gasteiger charge is -2.12. The molecule has 0 fully saturated rings. The topological polar surface area (TPSA) is 73.9 Å². The van der Waals surface area contributed by atoms with Gasteiger partial charge in [0.05, 0.1) is 27.0 Å². The molecule has 0 saturated heterocycles. The maximum atomic E-state index is 12.9. The Kier molecular flexibility index (Phi) is 6.14. The summed E-state index contributed by atoms with van der Waals surface area (Å²) in [5.74, 6) is 1.08. The van der Waals surface area contributed by atoms with Gasteiger partial charge in [0.25, 0.3) is 5.91 Å². The number of hydrogen-bond donors (Lipinski definition) is 1. The molecule has 0 unspecified atom stereocenters. The van der Waals surface area contributed by atoms with Gasteiger partial charge in [0.2, 0.25) is 0 Å². The molecule has 3 aromatic rings. The van der Waals surface area contributed by atoms with Crippen LogP contribution in [-0.2, 0) is 0 Å². The summed E-state index contributed by atoms with van der Waals surface area (Å²) in [6.45, 7) is 0. The molecule has 6 nitrogen and oxygen atoms in total. The molecule has 0 bridgehead atoms. The highest BCUT2D eigenvalue weighted by atomic mass is 16.5. The molecule has 0 radical (unpaired) electrons. The number of rotatable bonds is 7. The van der Waals surface area contributed by atoms with E-state index in [1.807, 2.05) is 0 Å². The molecule has 29 heavy (non-hydrogen) atoms. The van der Waals surface area contributed by atoms with Crippen LogP contribution in [0, 0.1) is 0 Å². The molecule has 0 atom stereocenters. The fourth-order valence-corrected chi connectivity index (χ4v) is 2.86. The van der Waals surface area contributed by atoms with E-state index < -0.39 is 0 Å². The number of benzene rings is 3. The minimum atomic E-state index is -0.360. The summed E-state index contributed by atoms with van der Waals surface area (Å²) >= 11 is 0. The first-order valence-corrected chi connectivity index (χ1v) is 8.88. The van der Waals surface area contributed by atoms with Crippen LogP contribution in [0.1, 0.15) is 26.3 Å². The third kappa shape index (κ3) is 4.38. The summed E-state index contributed by atoms with van der Waals surface area (Å²) in [5, 5.41) is 2.81. The summed E-state index contributed by atoms with van der Waals surface area (Å²) in [5.41, 5.74) is 1.70. The van der Waals surface area contributed by atoms with E-state index in [0.29, 0.717) is 39.6 Å². The van der Waals surface area contributed by atoms with E-state index in [9.17, 15) is 9.59 Å². The highest BCUT2D eigenvalue weighted by Crippen LogP contribution is 2.28. The van der Waals surface area contributed by atoms with Crippen LogP contribution >= 0.6 is 0 Å². The van der Waals surface area contributed by atoms with E-state index in [1.165, 1.54) is 14.2 Å². The van der Waals surface area contributed by atoms with Gasteiger partial charge in [-0.1, -0.05) is 12.1 Å². The van der Waals surface area contributed by atoms with Crippen molar-refractivity contribution in [1.82, 2.24) is 0 Å². The van der Waals surface area contributed by atoms with Crippen molar-refractivity contribution in [1.29, 1.82) is 0 Å². The fraction of sp³-hybridized carbons (Fsp3) is 0.130. The van der Waals surface area contributed by atoms with Gasteiger partial charge in [0.15, 0.2) is 17.3 Å². The Labute approximate surface area is 169 Å². The highest BCUT2D eigenvalue weighted by Gasteiger charge is 2.17. The van der Waals surface area contributed by atoms with Gasteiger partial charge in [-0.2, -0.15) is 0 Å². The number of para-hydroxylation sites is 1. The predicted molar refractivity (Wildman–Crippen MR) is 110 cm³/mol. The quantitative estimate of drug-likeness (QED) is 0.611. The maximum Gasteiger partial charge on any atom is 0.255 e. The van der Waals surface area contributed by atoms with Crippen molar-refractivity contribution in [3.63, 3.8) is 0 Å². The molecule has 1 amide bonds. The van der Waals surface area contributed by atoms with Crippen LogP contribution in [0.4, 0.5) is 5.69 Å². The summed E-state index contributed by atoms with van der Waals surface area (Å²) in [7, 11) is 4.59. The minimum Gasteiger partial charge on any atom is -0.497 e. The number of nitrogens with one attached hydrogen (secondary N) is 1. The Morgan fingerprint density at radius 2 is 1.38 bits per heavy atom. The SMILES string of the molecule is COc1ccc(C(=O)c2ccccc2NC(=O)c2ccc(OC)c(OC)c2)cc1. The van der Waals surface area contributed by atoms with E-state index in [-0.39, 0.29) is 11.7 Å². The normalized spacial score (nSPS) is 10.2. The van der Waals surface area contributed by atoms with Crippen molar-refractivity contribution in [2.45, 2.75) is 0 Å². The van der Waals surface area contributed by atoms with Crippen LogP contribution in [-0.4, -0.2) is 33.0 Å². The molecule has 0 aliphatic carbocycles. The largest absolute Gasteiger partial charge is 0.497 e. The number of carbonyl (C=O) groups is 2. The summed E-state index contributed by atoms with van der Waals surface area (Å²) in [4.78, 5) is 25.7. The van der Waals surface area contributed by atoms with E-state index in [2.05, 4.69) is 5.32 Å². The van der Waals surface area contributed by atoms with Gasteiger partial charge in [-0.3, -0.25) is 9.59 Å². The smallest absolute Gasteiger partial charge is 0.255 e. The zero-order valence-electron chi connectivity index (χ0n) is 16.4. The predicted octanol–water partition coefficient (Wildman–Crippen LogP) is 4.20. The van der Waals surface area contributed by atoms with Crippen LogP contribution in [0.15, 0.2) is 66.7 Å². The molecule has 0 aromatic heterocycles. The van der Waals surface area contributed by atoms with Crippen LogP contribution in [0.3, 0.4) is 0 Å². The molecule has 1 N–H and O–H groups in total. The molecule has 6 heteroatoms. The first kappa shape index (κ1) is 19.9. The van der Waals surface area contributed by atoms with Gasteiger partial charge >= 0.3 is 0 Å². The fourth-order valence-electron chi connectivity index (χ4n) is 2.86. The number of carbonyl (C=O) groups excluding carboxylic acids is 2. The third-order valence-corrected chi connectivity index (χ3v) is 4.42. The standard InChI is InChI=1S/C23H21NO5/c1-27-17-11-8-15(9-12-17)22(25)18-6-4-5-7-19(18)24-23(26)16-10-13-20(28-2)21(14-16)29-3/h4-14H,1-3H3,(H,24,26). The molecule has 0 aliphatic heterocycles. The van der Waals surface area contributed by atoms with Crippen LogP contribution in [0.5, 0.6) is 17.2 Å². The molecule has 148 valence electrons. The van der Waals surface area contributed by atoms with Crippen LogP contribution in [0.2, 0.25) is 0 Å². The molecule has 0 spiro atoms. The Bertz CT molecular complexity index is 1030. The molecule has 3 rings (SSSR count). The third-order valence-electron chi connectivity index (χ3n) is 4.42. The van der Waals surface area contributed by atoms with Crippen molar-refractivity contribution in [3.05, 3.63) is 83.4 Å².